The van der Waals surface area contributed by atoms with Gasteiger partial charge in [0.05, 0.1) is 0 Å². The molecule has 0 spiro atoms. The van der Waals surface area contributed by atoms with Crippen LogP contribution < -0.4 is 0 Å². The molecule has 1 aromatic rings. The van der Waals surface area contributed by atoms with E-state index < -0.39 is 0 Å². The van der Waals surface area contributed by atoms with E-state index in [1.165, 1.54) is 75.5 Å². The minimum absolute atomic E-state index is 0.0248. The Morgan fingerprint density at radius 2 is 0.667 bits per heavy atom. The third-order valence-corrected chi connectivity index (χ3v) is 11.0. The fourth-order valence-electron chi connectivity index (χ4n) is 7.03. The van der Waals surface area contributed by atoms with Crippen LogP contribution in [0.1, 0.15) is 199 Å². The number of ketones is 2. The maximum Gasteiger partial charge on any atom is 0.190 e. The molecule has 1 aromatic carbocycles. The molecule has 0 radical (unpaired) electrons. The highest BCUT2D eigenvalue weighted by molar-refractivity contribution is 6.24. The molecular formula is C55H78O2. The van der Waals surface area contributed by atoms with E-state index in [0.717, 1.165) is 83.5 Å². The summed E-state index contributed by atoms with van der Waals surface area (Å²) in [5.41, 5.74) is 14.8. The van der Waals surface area contributed by atoms with Crippen LogP contribution in [0.4, 0.5) is 0 Å². The highest BCUT2D eigenvalue weighted by atomic mass is 16.1. The molecule has 0 heterocycles. The summed E-state index contributed by atoms with van der Waals surface area (Å²) in [6.07, 6.45) is 41.4. The molecule has 0 unspecified atom stereocenters. The second kappa shape index (κ2) is 28.4. The quantitative estimate of drug-likeness (QED) is 0.0879. The zero-order valence-corrected chi connectivity index (χ0v) is 37.9. The number of hydrogen-bond donors (Lipinski definition) is 0. The minimum Gasteiger partial charge on any atom is -0.289 e. The van der Waals surface area contributed by atoms with E-state index in [1.54, 1.807) is 18.2 Å². The van der Waals surface area contributed by atoms with Gasteiger partial charge in [-0.1, -0.05) is 129 Å². The third-order valence-electron chi connectivity index (χ3n) is 11.0. The highest BCUT2D eigenvalue weighted by Crippen LogP contribution is 2.24. The molecule has 0 aliphatic heterocycles. The van der Waals surface area contributed by atoms with E-state index in [2.05, 4.69) is 124 Å². The number of allylic oxidation sites excluding steroid dienone is 20. The van der Waals surface area contributed by atoms with E-state index >= 15 is 0 Å². The van der Waals surface area contributed by atoms with Crippen LogP contribution in [0.5, 0.6) is 0 Å². The SMILES string of the molecule is CC(C)=CCCC(C)=CCCC(C)=CCCC(C)=CCCC(C)=CCCC(C)=CCCC(C)=CCCC(C)=CCCC(C)=CCC1=CC(=O)c2ccccc2C1=O. The molecule has 0 N–H and O–H groups in total. The lowest BCUT2D eigenvalue weighted by Gasteiger charge is -2.14. The second-order valence-corrected chi connectivity index (χ2v) is 17.1. The van der Waals surface area contributed by atoms with Crippen LogP contribution in [-0.2, 0) is 0 Å². The first-order chi connectivity index (χ1) is 27.2. The molecular weight excluding hydrogens is 693 g/mol. The van der Waals surface area contributed by atoms with Crippen LogP contribution in [0.2, 0.25) is 0 Å². The van der Waals surface area contributed by atoms with Crippen molar-refractivity contribution < 1.29 is 9.59 Å². The molecule has 2 nitrogen and oxygen atoms in total. The van der Waals surface area contributed by atoms with Gasteiger partial charge in [0.15, 0.2) is 11.6 Å². The average Bonchev–Trinajstić information content (AvgIpc) is 3.15. The first-order valence-electron chi connectivity index (χ1n) is 22.0. The summed E-state index contributed by atoms with van der Waals surface area (Å²) >= 11 is 0. The van der Waals surface area contributed by atoms with Crippen molar-refractivity contribution in [3.63, 3.8) is 0 Å². The first-order valence-corrected chi connectivity index (χ1v) is 22.0. The largest absolute Gasteiger partial charge is 0.289 e. The molecule has 0 saturated heterocycles. The van der Waals surface area contributed by atoms with Crippen molar-refractivity contribution in [2.24, 2.45) is 0 Å². The lowest BCUT2D eigenvalue weighted by Crippen LogP contribution is -2.16. The number of benzene rings is 1. The van der Waals surface area contributed by atoms with Gasteiger partial charge in [0.1, 0.15) is 0 Å². The van der Waals surface area contributed by atoms with Crippen molar-refractivity contribution >= 4 is 11.6 Å². The standard InChI is InChI=1S/C55H78O2/c1-42(2)21-13-22-43(3)23-14-24-44(4)25-15-26-45(5)27-16-28-46(6)29-17-30-47(7)31-18-32-48(8)33-19-34-49(9)35-20-36-50(10)39-40-51-41-54(56)52-37-11-12-38-53(52)55(51)57/h11-12,21,23,25,27,29,31,33,35,37-39,41H,13-20,22,24,26,28,30,32,34,36,40H2,1-10H3. The number of carbonyl (C=O) groups excluding carboxylic acids is 2. The zero-order valence-electron chi connectivity index (χ0n) is 37.9. The summed E-state index contributed by atoms with van der Waals surface area (Å²) in [4.78, 5) is 25.2. The van der Waals surface area contributed by atoms with Crippen LogP contribution in [0.25, 0.3) is 0 Å². The second-order valence-electron chi connectivity index (χ2n) is 17.1. The van der Waals surface area contributed by atoms with Gasteiger partial charge in [-0.3, -0.25) is 9.59 Å². The predicted octanol–water partition coefficient (Wildman–Crippen LogP) is 17.2. The van der Waals surface area contributed by atoms with Crippen molar-refractivity contribution in [2.75, 3.05) is 0 Å². The van der Waals surface area contributed by atoms with Crippen molar-refractivity contribution in [1.82, 2.24) is 0 Å². The first kappa shape index (κ1) is 49.1. The van der Waals surface area contributed by atoms with Crippen LogP contribution in [0.15, 0.2) is 141 Å². The fraction of sp³-hybridized carbons (Fsp3) is 0.491. The highest BCUT2D eigenvalue weighted by Gasteiger charge is 2.24. The van der Waals surface area contributed by atoms with E-state index in [0.29, 0.717) is 23.1 Å². The normalized spacial score (nSPS) is 15.3. The predicted molar refractivity (Wildman–Crippen MR) is 251 cm³/mol. The summed E-state index contributed by atoms with van der Waals surface area (Å²) in [6, 6.07) is 7.11. The van der Waals surface area contributed by atoms with Gasteiger partial charge in [-0.15, -0.1) is 0 Å². The lowest BCUT2D eigenvalue weighted by atomic mass is 9.88. The van der Waals surface area contributed by atoms with E-state index in [-0.39, 0.29) is 11.6 Å². The number of rotatable bonds is 26. The maximum atomic E-state index is 12.8. The van der Waals surface area contributed by atoms with E-state index in [4.69, 9.17) is 0 Å². The fourth-order valence-corrected chi connectivity index (χ4v) is 7.03. The van der Waals surface area contributed by atoms with Gasteiger partial charge in [0.2, 0.25) is 0 Å². The summed E-state index contributed by atoms with van der Waals surface area (Å²) in [6.45, 7) is 22.4. The Bertz CT molecular complexity index is 1760. The molecule has 1 aliphatic carbocycles. The smallest absolute Gasteiger partial charge is 0.190 e. The van der Waals surface area contributed by atoms with E-state index in [1.807, 2.05) is 6.07 Å². The van der Waals surface area contributed by atoms with Crippen molar-refractivity contribution in [1.29, 1.82) is 0 Å². The summed E-state index contributed by atoms with van der Waals surface area (Å²) in [5.74, 6) is -0.0943. The Kier molecular flexibility index (Phi) is 24.4. The van der Waals surface area contributed by atoms with Gasteiger partial charge >= 0.3 is 0 Å². The molecule has 57 heavy (non-hydrogen) atoms. The van der Waals surface area contributed by atoms with Crippen molar-refractivity contribution in [3.05, 3.63) is 152 Å². The summed E-state index contributed by atoms with van der Waals surface area (Å²) < 4.78 is 0. The molecule has 0 atom stereocenters. The molecule has 0 bridgehead atoms. The third kappa shape index (κ3) is 22.5. The van der Waals surface area contributed by atoms with Crippen LogP contribution in [0, 0.1) is 0 Å². The van der Waals surface area contributed by atoms with Gasteiger partial charge in [-0.25, -0.2) is 0 Å². The Balaban J connectivity index is 1.58. The molecule has 2 rings (SSSR count). The Morgan fingerprint density at radius 3 is 0.982 bits per heavy atom. The Morgan fingerprint density at radius 1 is 0.386 bits per heavy atom. The lowest BCUT2D eigenvalue weighted by molar-refractivity contribution is 0.0983. The average molecular weight is 771 g/mol. The van der Waals surface area contributed by atoms with Gasteiger partial charge < -0.3 is 0 Å². The molecule has 0 amide bonds. The number of hydrogen-bond acceptors (Lipinski definition) is 2. The van der Waals surface area contributed by atoms with Crippen molar-refractivity contribution in [2.45, 2.75) is 178 Å². The molecule has 0 aromatic heterocycles. The number of fused-ring (bicyclic) bond motifs is 1. The maximum absolute atomic E-state index is 12.8. The number of carbonyl (C=O) groups is 2. The molecule has 310 valence electrons. The van der Waals surface area contributed by atoms with Crippen LogP contribution in [-0.4, -0.2) is 11.6 Å². The van der Waals surface area contributed by atoms with Gasteiger partial charge in [-0.2, -0.15) is 0 Å². The van der Waals surface area contributed by atoms with Gasteiger partial charge in [0, 0.05) is 16.7 Å². The number of Topliss-reactive ketones (excluding diaryl/α,β-unsaturated/α-hetero) is 1. The Hall–Kier alpha value is -4.04. The topological polar surface area (TPSA) is 34.1 Å². The molecule has 1 aliphatic rings. The molecule has 2 heteroatoms. The van der Waals surface area contributed by atoms with Crippen LogP contribution >= 0.6 is 0 Å². The minimum atomic E-state index is -0.0694. The van der Waals surface area contributed by atoms with Crippen LogP contribution in [0.3, 0.4) is 0 Å². The monoisotopic (exact) mass is 771 g/mol. The molecule has 0 fully saturated rings. The summed E-state index contributed by atoms with van der Waals surface area (Å²) in [5, 5.41) is 0. The Labute approximate surface area is 350 Å². The van der Waals surface area contributed by atoms with Gasteiger partial charge in [0.25, 0.3) is 0 Å². The molecule has 0 saturated carbocycles. The van der Waals surface area contributed by atoms with Crippen molar-refractivity contribution in [3.8, 4) is 0 Å². The summed E-state index contributed by atoms with van der Waals surface area (Å²) in [7, 11) is 0. The van der Waals surface area contributed by atoms with E-state index in [9.17, 15) is 9.59 Å². The zero-order chi connectivity index (χ0) is 42.0. The van der Waals surface area contributed by atoms with Gasteiger partial charge in [-0.05, 0) is 184 Å².